The number of amidine groups is 1. The molecule has 0 aromatic heterocycles. The van der Waals surface area contributed by atoms with E-state index in [-0.39, 0.29) is 0 Å². The molecule has 0 radical (unpaired) electrons. The number of anilines is 3. The maximum Gasteiger partial charge on any atom is 0.141 e. The van der Waals surface area contributed by atoms with E-state index in [0.717, 1.165) is 48.7 Å². The number of nitrogens with one attached hydrogen (secondary N) is 1. The maximum atomic E-state index is 4.90. The van der Waals surface area contributed by atoms with E-state index in [1.807, 2.05) is 6.92 Å². The van der Waals surface area contributed by atoms with Crippen LogP contribution in [0.4, 0.5) is 17.1 Å². The third-order valence-electron chi connectivity index (χ3n) is 6.64. The van der Waals surface area contributed by atoms with E-state index in [9.17, 15) is 0 Å². The van der Waals surface area contributed by atoms with Gasteiger partial charge in [-0.05, 0) is 75.4 Å². The normalized spacial score (nSPS) is 16.1. The minimum Gasteiger partial charge on any atom is -0.371 e. The molecule has 2 aromatic rings. The fraction of sp³-hybridized carbons (Fsp3) is 0.387. The van der Waals surface area contributed by atoms with Crippen molar-refractivity contribution >= 4 is 22.9 Å². The highest BCUT2D eigenvalue weighted by molar-refractivity contribution is 6.05. The molecule has 0 spiro atoms. The van der Waals surface area contributed by atoms with E-state index in [1.54, 1.807) is 0 Å². The molecule has 5 heteroatoms. The molecular weight excluding hydrogens is 442 g/mol. The molecule has 1 saturated heterocycles. The van der Waals surface area contributed by atoms with E-state index in [2.05, 4.69) is 117 Å². The smallest absolute Gasteiger partial charge is 0.141 e. The van der Waals surface area contributed by atoms with Crippen LogP contribution in [-0.2, 0) is 0 Å². The molecular formula is C31H43N5. The lowest BCUT2D eigenvalue weighted by Gasteiger charge is -2.41. The number of aryl methyl sites for hydroxylation is 3. The van der Waals surface area contributed by atoms with Gasteiger partial charge in [-0.15, -0.1) is 0 Å². The number of rotatable bonds is 9. The first-order valence-corrected chi connectivity index (χ1v) is 13.0. The van der Waals surface area contributed by atoms with Crippen molar-refractivity contribution in [1.82, 2.24) is 4.90 Å². The molecule has 1 aliphatic rings. The quantitative estimate of drug-likeness (QED) is 0.401. The van der Waals surface area contributed by atoms with Gasteiger partial charge >= 0.3 is 0 Å². The maximum absolute atomic E-state index is 4.90. The van der Waals surface area contributed by atoms with Crippen molar-refractivity contribution in [3.8, 4) is 0 Å². The predicted octanol–water partition coefficient (Wildman–Crippen LogP) is 7.39. The monoisotopic (exact) mass is 485 g/mol. The highest BCUT2D eigenvalue weighted by Crippen LogP contribution is 2.34. The molecule has 0 unspecified atom stereocenters. The Hall–Kier alpha value is -3.47. The highest BCUT2D eigenvalue weighted by Gasteiger charge is 2.29. The summed E-state index contributed by atoms with van der Waals surface area (Å²) in [6, 6.07) is 12.9. The first kappa shape index (κ1) is 27.1. The second kappa shape index (κ2) is 12.0. The van der Waals surface area contributed by atoms with Gasteiger partial charge in [-0.1, -0.05) is 51.3 Å². The summed E-state index contributed by atoms with van der Waals surface area (Å²) in [5, 5.41) is 3.40. The summed E-state index contributed by atoms with van der Waals surface area (Å²) < 4.78 is 0. The first-order chi connectivity index (χ1) is 17.2. The van der Waals surface area contributed by atoms with Crippen molar-refractivity contribution < 1.29 is 0 Å². The second-order valence-electron chi connectivity index (χ2n) is 9.65. The van der Waals surface area contributed by atoms with Gasteiger partial charge in [0.15, 0.2) is 0 Å². The summed E-state index contributed by atoms with van der Waals surface area (Å²) in [5.41, 5.74) is 9.19. The van der Waals surface area contributed by atoms with Gasteiger partial charge in [-0.25, -0.2) is 4.99 Å². The van der Waals surface area contributed by atoms with Gasteiger partial charge in [0.1, 0.15) is 11.7 Å². The number of likely N-dealkylation sites (N-methyl/N-ethyl adjacent to an activating group) is 1. The van der Waals surface area contributed by atoms with Crippen molar-refractivity contribution in [2.45, 2.75) is 54.4 Å². The van der Waals surface area contributed by atoms with E-state index in [0.29, 0.717) is 12.5 Å². The van der Waals surface area contributed by atoms with Crippen LogP contribution in [0.1, 0.15) is 50.3 Å². The number of benzene rings is 2. The van der Waals surface area contributed by atoms with Crippen LogP contribution in [0.3, 0.4) is 0 Å². The number of hydrogen-bond donors (Lipinski definition) is 1. The van der Waals surface area contributed by atoms with E-state index < -0.39 is 0 Å². The number of aliphatic imine (C=N–C) groups is 1. The van der Waals surface area contributed by atoms with Crippen LogP contribution in [0.15, 0.2) is 77.7 Å². The van der Waals surface area contributed by atoms with Gasteiger partial charge in [-0.2, -0.15) is 0 Å². The van der Waals surface area contributed by atoms with Crippen molar-refractivity contribution in [3.63, 3.8) is 0 Å². The number of para-hydroxylation sites is 1. The fourth-order valence-corrected chi connectivity index (χ4v) is 5.03. The van der Waals surface area contributed by atoms with Gasteiger partial charge in [0.25, 0.3) is 0 Å². The van der Waals surface area contributed by atoms with Gasteiger partial charge in [-0.3, -0.25) is 0 Å². The topological polar surface area (TPSA) is 34.1 Å². The van der Waals surface area contributed by atoms with Gasteiger partial charge in [0.05, 0.1) is 6.67 Å². The zero-order valence-corrected chi connectivity index (χ0v) is 23.3. The van der Waals surface area contributed by atoms with Crippen LogP contribution in [0, 0.1) is 20.8 Å². The molecule has 1 aliphatic heterocycles. The van der Waals surface area contributed by atoms with E-state index >= 15 is 0 Å². The molecule has 0 amide bonds. The Bertz CT molecular complexity index is 1150. The summed E-state index contributed by atoms with van der Waals surface area (Å²) >= 11 is 0. The zero-order valence-electron chi connectivity index (χ0n) is 23.3. The highest BCUT2D eigenvalue weighted by atomic mass is 15.4. The average Bonchev–Trinajstić information content (AvgIpc) is 2.82. The number of nitrogens with zero attached hydrogens (tertiary/aromatic N) is 4. The Morgan fingerprint density at radius 2 is 1.69 bits per heavy atom. The molecule has 0 bridgehead atoms. The lowest BCUT2D eigenvalue weighted by Crippen LogP contribution is -2.46. The van der Waals surface area contributed by atoms with Crippen molar-refractivity contribution in [2.75, 3.05) is 41.9 Å². The van der Waals surface area contributed by atoms with Crippen LogP contribution >= 0.6 is 0 Å². The van der Waals surface area contributed by atoms with Crippen LogP contribution in [0.2, 0.25) is 0 Å². The lowest BCUT2D eigenvalue weighted by atomic mass is 10.0. The Balaban J connectivity index is 1.82. The Labute approximate surface area is 218 Å². The van der Waals surface area contributed by atoms with Gasteiger partial charge < -0.3 is 20.0 Å². The summed E-state index contributed by atoms with van der Waals surface area (Å²) in [5.74, 6) is 1.48. The Morgan fingerprint density at radius 1 is 1.06 bits per heavy atom. The van der Waals surface area contributed by atoms with Crippen LogP contribution < -0.4 is 15.1 Å². The predicted molar refractivity (Wildman–Crippen MR) is 158 cm³/mol. The van der Waals surface area contributed by atoms with Crippen molar-refractivity contribution in [1.29, 1.82) is 0 Å². The van der Waals surface area contributed by atoms with Gasteiger partial charge in [0, 0.05) is 48.5 Å². The SMILES string of the molecule is C=C(/N=C1\C(=C/C)C(=C)N(c2c(C)cccc2C)CN1C)Nc1ccc(N(CCC)CCC)c(C)c1. The molecule has 1 N–H and O–H groups in total. The summed E-state index contributed by atoms with van der Waals surface area (Å²) in [6.07, 6.45) is 4.36. The first-order valence-electron chi connectivity index (χ1n) is 13.0. The van der Waals surface area contributed by atoms with Crippen molar-refractivity contribution in [2.24, 2.45) is 4.99 Å². The third-order valence-corrected chi connectivity index (χ3v) is 6.64. The molecule has 2 aromatic carbocycles. The van der Waals surface area contributed by atoms with Crippen LogP contribution in [0.25, 0.3) is 0 Å². The lowest BCUT2D eigenvalue weighted by molar-refractivity contribution is 0.491. The fourth-order valence-electron chi connectivity index (χ4n) is 5.03. The van der Waals surface area contributed by atoms with Gasteiger partial charge in [0.2, 0.25) is 0 Å². The molecule has 36 heavy (non-hydrogen) atoms. The molecule has 1 heterocycles. The summed E-state index contributed by atoms with van der Waals surface area (Å²) in [6.45, 7) is 24.5. The molecule has 5 nitrogen and oxygen atoms in total. The van der Waals surface area contributed by atoms with Crippen LogP contribution in [0.5, 0.6) is 0 Å². The Kier molecular flexibility index (Phi) is 9.03. The minimum absolute atomic E-state index is 0.607. The summed E-state index contributed by atoms with van der Waals surface area (Å²) in [7, 11) is 2.07. The zero-order chi connectivity index (χ0) is 26.4. The molecule has 0 atom stereocenters. The number of allylic oxidation sites excluding steroid dienone is 1. The molecule has 3 rings (SSSR count). The molecule has 1 fully saturated rings. The molecule has 192 valence electrons. The number of hydrogen-bond acceptors (Lipinski definition) is 4. The molecule has 0 aliphatic carbocycles. The van der Waals surface area contributed by atoms with Crippen LogP contribution in [-0.4, -0.2) is 37.5 Å². The standard InChI is InChI=1S/C31H43N5/c1-10-18-35(19-11-2)29-17-16-27(20-24(29)6)32-26(8)33-31-28(12-3)25(7)36(21-34(31)9)30-22(4)14-13-15-23(30)5/h12-17,20,32H,7-8,10-11,18-19,21H2,1-6,9H3/b28-12-,33-31+. The van der Waals surface area contributed by atoms with E-state index in [1.165, 1.54) is 28.1 Å². The molecule has 0 saturated carbocycles. The second-order valence-corrected chi connectivity index (χ2v) is 9.65. The third kappa shape index (κ3) is 5.84. The summed E-state index contributed by atoms with van der Waals surface area (Å²) in [4.78, 5) is 11.8. The Morgan fingerprint density at radius 3 is 2.25 bits per heavy atom. The average molecular weight is 486 g/mol. The largest absolute Gasteiger partial charge is 0.371 e. The minimum atomic E-state index is 0.607. The van der Waals surface area contributed by atoms with Crippen molar-refractivity contribution in [3.05, 3.63) is 89.4 Å². The van der Waals surface area contributed by atoms with E-state index in [4.69, 9.17) is 4.99 Å².